The molecule has 0 saturated carbocycles. The zero-order chi connectivity index (χ0) is 11.6. The molecule has 84 valence electrons. The van der Waals surface area contributed by atoms with Crippen molar-refractivity contribution in [3.8, 4) is 5.75 Å². The van der Waals surface area contributed by atoms with Crippen molar-refractivity contribution >= 4 is 11.6 Å². The van der Waals surface area contributed by atoms with Crippen LogP contribution in [0.3, 0.4) is 0 Å². The van der Waals surface area contributed by atoms with Gasteiger partial charge < -0.3 is 4.74 Å². The van der Waals surface area contributed by atoms with E-state index in [1.165, 1.54) is 5.56 Å². The minimum absolute atomic E-state index is 0.612. The second-order valence-corrected chi connectivity index (χ2v) is 3.40. The van der Waals surface area contributed by atoms with E-state index in [-0.39, 0.29) is 0 Å². The molecule has 0 bridgehead atoms. The highest BCUT2D eigenvalue weighted by Gasteiger charge is 1.81. The minimum atomic E-state index is 0.612. The molecule has 0 N–H and O–H groups in total. The summed E-state index contributed by atoms with van der Waals surface area (Å²) in [5, 5.41) is 0. The van der Waals surface area contributed by atoms with Crippen molar-refractivity contribution in [3.05, 3.63) is 66.2 Å². The lowest BCUT2D eigenvalue weighted by molar-refractivity contribution is 0.415. The second-order valence-electron chi connectivity index (χ2n) is 3.14. The van der Waals surface area contributed by atoms with E-state index < -0.39 is 0 Å². The molecule has 0 fully saturated rings. The number of halogens is 1. The largest absolute Gasteiger partial charge is 0.497 e. The molecule has 0 saturated heterocycles. The normalized spacial score (nSPS) is 8.88. The lowest BCUT2D eigenvalue weighted by Gasteiger charge is -1.93. The van der Waals surface area contributed by atoms with Gasteiger partial charge in [-0.25, -0.2) is 0 Å². The SMILES string of the molecule is COc1ccccc1.ClCc1ccccc1. The maximum Gasteiger partial charge on any atom is 0.118 e. The van der Waals surface area contributed by atoms with Gasteiger partial charge in [0.1, 0.15) is 5.75 Å². The fourth-order valence-electron chi connectivity index (χ4n) is 1.12. The van der Waals surface area contributed by atoms with Crippen molar-refractivity contribution < 1.29 is 4.74 Å². The molecule has 0 aliphatic heterocycles. The molecule has 1 nitrogen and oxygen atoms in total. The van der Waals surface area contributed by atoms with Gasteiger partial charge in [0.05, 0.1) is 7.11 Å². The van der Waals surface area contributed by atoms with Crippen molar-refractivity contribution in [2.45, 2.75) is 5.88 Å². The highest BCUT2D eigenvalue weighted by Crippen LogP contribution is 2.05. The molecule has 2 heteroatoms. The quantitative estimate of drug-likeness (QED) is 0.711. The molecule has 0 aromatic heterocycles. The van der Waals surface area contributed by atoms with Gasteiger partial charge in [-0.15, -0.1) is 11.6 Å². The number of rotatable bonds is 2. The summed E-state index contributed by atoms with van der Waals surface area (Å²) in [6.45, 7) is 0. The number of methoxy groups -OCH3 is 1. The average Bonchev–Trinajstić information content (AvgIpc) is 2.41. The molecule has 0 unspecified atom stereocenters. The van der Waals surface area contributed by atoms with Crippen molar-refractivity contribution in [1.82, 2.24) is 0 Å². The number of alkyl halides is 1. The molecule has 0 aliphatic rings. The zero-order valence-corrected chi connectivity index (χ0v) is 10.0. The van der Waals surface area contributed by atoms with E-state index in [0.717, 1.165) is 5.75 Å². The Hall–Kier alpha value is -1.47. The van der Waals surface area contributed by atoms with Crippen LogP contribution in [0.25, 0.3) is 0 Å². The topological polar surface area (TPSA) is 9.23 Å². The number of ether oxygens (including phenoxy) is 1. The molecule has 2 rings (SSSR count). The molecule has 2 aromatic rings. The monoisotopic (exact) mass is 234 g/mol. The highest BCUT2D eigenvalue weighted by atomic mass is 35.5. The lowest BCUT2D eigenvalue weighted by atomic mass is 10.2. The maximum absolute atomic E-state index is 5.53. The van der Waals surface area contributed by atoms with Gasteiger partial charge in [0, 0.05) is 5.88 Å². The van der Waals surface area contributed by atoms with E-state index in [0.29, 0.717) is 5.88 Å². The average molecular weight is 235 g/mol. The third-order valence-electron chi connectivity index (χ3n) is 1.98. The minimum Gasteiger partial charge on any atom is -0.497 e. The predicted octanol–water partition coefficient (Wildman–Crippen LogP) is 4.12. The molecule has 0 heterocycles. The zero-order valence-electron chi connectivity index (χ0n) is 9.27. The number of hydrogen-bond donors (Lipinski definition) is 0. The van der Waals surface area contributed by atoms with Gasteiger partial charge in [-0.3, -0.25) is 0 Å². The van der Waals surface area contributed by atoms with Crippen LogP contribution in [-0.4, -0.2) is 7.11 Å². The fraction of sp³-hybridized carbons (Fsp3) is 0.143. The Bertz CT molecular complexity index is 333. The summed E-state index contributed by atoms with van der Waals surface area (Å²) >= 11 is 5.53. The molecule has 0 atom stereocenters. The van der Waals surface area contributed by atoms with Crippen molar-refractivity contribution in [1.29, 1.82) is 0 Å². The van der Waals surface area contributed by atoms with Crippen LogP contribution < -0.4 is 4.74 Å². The van der Waals surface area contributed by atoms with Gasteiger partial charge in [-0.1, -0.05) is 48.5 Å². The third kappa shape index (κ3) is 4.85. The molecule has 0 radical (unpaired) electrons. The Labute approximate surface area is 102 Å². The summed E-state index contributed by atoms with van der Waals surface area (Å²) < 4.78 is 4.91. The van der Waals surface area contributed by atoms with Gasteiger partial charge in [0.25, 0.3) is 0 Å². The number of hydrogen-bond acceptors (Lipinski definition) is 1. The van der Waals surface area contributed by atoms with E-state index in [9.17, 15) is 0 Å². The Morgan fingerprint density at radius 1 is 0.875 bits per heavy atom. The van der Waals surface area contributed by atoms with E-state index in [1.807, 2.05) is 60.7 Å². The van der Waals surface area contributed by atoms with Gasteiger partial charge in [-0.2, -0.15) is 0 Å². The molecule has 0 spiro atoms. The van der Waals surface area contributed by atoms with Crippen LogP contribution >= 0.6 is 11.6 Å². The summed E-state index contributed by atoms with van der Waals surface area (Å²) in [7, 11) is 1.66. The first kappa shape index (κ1) is 12.6. The third-order valence-corrected chi connectivity index (χ3v) is 2.28. The lowest BCUT2D eigenvalue weighted by Crippen LogP contribution is -1.78. The van der Waals surface area contributed by atoms with Crippen molar-refractivity contribution in [2.75, 3.05) is 7.11 Å². The van der Waals surface area contributed by atoms with Gasteiger partial charge in [0.2, 0.25) is 0 Å². The first-order valence-electron chi connectivity index (χ1n) is 5.05. The number of benzene rings is 2. The smallest absolute Gasteiger partial charge is 0.118 e. The summed E-state index contributed by atoms with van der Waals surface area (Å²) in [6, 6.07) is 19.6. The van der Waals surface area contributed by atoms with Crippen LogP contribution in [0.15, 0.2) is 60.7 Å². The molecular weight excluding hydrogens is 220 g/mol. The summed E-state index contributed by atoms with van der Waals surface area (Å²) in [5.74, 6) is 1.52. The first-order valence-corrected chi connectivity index (χ1v) is 5.59. The van der Waals surface area contributed by atoms with E-state index in [4.69, 9.17) is 16.3 Å². The van der Waals surface area contributed by atoms with Crippen LogP contribution in [0, 0.1) is 0 Å². The van der Waals surface area contributed by atoms with Crippen LogP contribution in [-0.2, 0) is 5.88 Å². The van der Waals surface area contributed by atoms with Crippen LogP contribution in [0.1, 0.15) is 5.56 Å². The Morgan fingerprint density at radius 2 is 1.38 bits per heavy atom. The van der Waals surface area contributed by atoms with Gasteiger partial charge in [-0.05, 0) is 17.7 Å². The molecule has 0 aliphatic carbocycles. The van der Waals surface area contributed by atoms with Crippen LogP contribution in [0.2, 0.25) is 0 Å². The van der Waals surface area contributed by atoms with E-state index in [1.54, 1.807) is 7.11 Å². The van der Waals surface area contributed by atoms with Crippen molar-refractivity contribution in [3.63, 3.8) is 0 Å². The Kier molecular flexibility index (Phi) is 6.12. The van der Waals surface area contributed by atoms with Crippen molar-refractivity contribution in [2.24, 2.45) is 0 Å². The number of para-hydroxylation sites is 1. The van der Waals surface area contributed by atoms with E-state index >= 15 is 0 Å². The van der Waals surface area contributed by atoms with Crippen LogP contribution in [0.5, 0.6) is 5.75 Å². The Morgan fingerprint density at radius 3 is 1.69 bits per heavy atom. The van der Waals surface area contributed by atoms with Gasteiger partial charge >= 0.3 is 0 Å². The Balaban J connectivity index is 0.000000160. The standard InChI is InChI=1S/C7H7Cl.C7H8O/c8-6-7-4-2-1-3-5-7;1-8-7-5-3-2-4-6-7/h1-5H,6H2;2-6H,1H3. The molecule has 16 heavy (non-hydrogen) atoms. The fourth-order valence-corrected chi connectivity index (χ4v) is 1.30. The van der Waals surface area contributed by atoms with Crippen LogP contribution in [0.4, 0.5) is 0 Å². The molecular formula is C14H15ClO. The first-order chi connectivity index (χ1) is 7.86. The maximum atomic E-state index is 5.53. The summed E-state index contributed by atoms with van der Waals surface area (Å²) in [4.78, 5) is 0. The molecule has 2 aromatic carbocycles. The summed E-state index contributed by atoms with van der Waals surface area (Å²) in [6.07, 6.45) is 0. The predicted molar refractivity (Wildman–Crippen MR) is 69.0 cm³/mol. The molecule has 0 amide bonds. The second kappa shape index (κ2) is 7.77. The summed E-state index contributed by atoms with van der Waals surface area (Å²) in [5.41, 5.74) is 1.18. The van der Waals surface area contributed by atoms with E-state index in [2.05, 4.69) is 0 Å². The van der Waals surface area contributed by atoms with Gasteiger partial charge in [0.15, 0.2) is 0 Å². The highest BCUT2D eigenvalue weighted by molar-refractivity contribution is 6.17.